The molecule has 84 valence electrons. The Bertz CT molecular complexity index is 306. The maximum atomic E-state index is 11.7. The summed E-state index contributed by atoms with van der Waals surface area (Å²) in [6.45, 7) is 2.19. The van der Waals surface area contributed by atoms with Crippen LogP contribution in [0.1, 0.15) is 36.5 Å². The van der Waals surface area contributed by atoms with Gasteiger partial charge in [-0.1, -0.05) is 19.8 Å². The van der Waals surface area contributed by atoms with Crippen molar-refractivity contribution in [3.8, 4) is 0 Å². The Morgan fingerprint density at radius 2 is 2.27 bits per heavy atom. The number of hydrogen-bond donors (Lipinski definition) is 0. The highest BCUT2D eigenvalue weighted by Crippen LogP contribution is 2.10. The van der Waals surface area contributed by atoms with E-state index in [0.717, 1.165) is 11.3 Å². The van der Waals surface area contributed by atoms with Gasteiger partial charge in [-0.25, -0.2) is 0 Å². The summed E-state index contributed by atoms with van der Waals surface area (Å²) in [5.74, 6) is 1.97. The van der Waals surface area contributed by atoms with Crippen LogP contribution in [0.5, 0.6) is 0 Å². The second kappa shape index (κ2) is 6.72. The first kappa shape index (κ1) is 12.4. The lowest BCUT2D eigenvalue weighted by Gasteiger charge is -1.99. The zero-order valence-corrected chi connectivity index (χ0v) is 10.3. The Kier molecular flexibility index (Phi) is 5.54. The molecule has 0 unspecified atom stereocenters. The number of unbranched alkanes of at least 4 members (excludes halogenated alkanes) is 2. The minimum absolute atomic E-state index is 0.247. The van der Waals surface area contributed by atoms with Gasteiger partial charge in [-0.05, 0) is 18.2 Å². The van der Waals surface area contributed by atoms with Crippen LogP contribution in [-0.4, -0.2) is 21.9 Å². The Labute approximate surface area is 96.1 Å². The van der Waals surface area contributed by atoms with E-state index >= 15 is 0 Å². The zero-order chi connectivity index (χ0) is 11.1. The van der Waals surface area contributed by atoms with Gasteiger partial charge in [-0.3, -0.25) is 4.79 Å². The summed E-state index contributed by atoms with van der Waals surface area (Å²) in [6, 6.07) is 1.88. The molecule has 1 aromatic rings. The lowest BCUT2D eigenvalue weighted by atomic mass is 10.2. The normalized spacial score (nSPS) is 10.5. The van der Waals surface area contributed by atoms with E-state index in [1.54, 1.807) is 11.8 Å². The summed E-state index contributed by atoms with van der Waals surface area (Å²) < 4.78 is 1.91. The number of carbonyl (C=O) groups excluding carboxylic acids is 1. The van der Waals surface area contributed by atoms with Gasteiger partial charge >= 0.3 is 0 Å². The molecule has 0 spiro atoms. The van der Waals surface area contributed by atoms with Crippen molar-refractivity contribution < 1.29 is 4.79 Å². The highest BCUT2D eigenvalue weighted by molar-refractivity contribution is 7.99. The third-order valence-electron chi connectivity index (χ3n) is 2.28. The van der Waals surface area contributed by atoms with Crippen LogP contribution in [-0.2, 0) is 7.05 Å². The van der Waals surface area contributed by atoms with Crippen molar-refractivity contribution in [2.24, 2.45) is 7.05 Å². The molecule has 0 amide bonds. The Morgan fingerprint density at radius 3 is 2.87 bits per heavy atom. The summed E-state index contributed by atoms with van der Waals surface area (Å²) in [4.78, 5) is 11.7. The Balaban J connectivity index is 2.19. The van der Waals surface area contributed by atoms with E-state index in [1.807, 2.05) is 30.1 Å². The van der Waals surface area contributed by atoms with E-state index < -0.39 is 0 Å². The maximum Gasteiger partial charge on any atom is 0.174 e. The Morgan fingerprint density at radius 1 is 1.47 bits per heavy atom. The van der Waals surface area contributed by atoms with E-state index in [0.29, 0.717) is 5.75 Å². The standard InChI is InChI=1S/C12H19NOS/c1-3-4-5-8-15-10-12(14)11-6-7-13(2)9-11/h6-7,9H,3-5,8,10H2,1-2H3. The summed E-state index contributed by atoms with van der Waals surface area (Å²) in [5, 5.41) is 0. The van der Waals surface area contributed by atoms with Crippen LogP contribution in [0.4, 0.5) is 0 Å². The van der Waals surface area contributed by atoms with Gasteiger partial charge in [0.15, 0.2) is 5.78 Å². The van der Waals surface area contributed by atoms with Crippen molar-refractivity contribution in [2.75, 3.05) is 11.5 Å². The summed E-state index contributed by atoms with van der Waals surface area (Å²) in [7, 11) is 1.94. The minimum Gasteiger partial charge on any atom is -0.357 e. The fourth-order valence-corrected chi connectivity index (χ4v) is 2.28. The number of ketones is 1. The second-order valence-electron chi connectivity index (χ2n) is 3.75. The molecule has 0 fully saturated rings. The number of aryl methyl sites for hydroxylation is 1. The average molecular weight is 225 g/mol. The number of thioether (sulfide) groups is 1. The van der Waals surface area contributed by atoms with E-state index in [2.05, 4.69) is 6.92 Å². The molecule has 0 N–H and O–H groups in total. The van der Waals surface area contributed by atoms with Gasteiger partial charge in [0.05, 0.1) is 5.75 Å². The fraction of sp³-hybridized carbons (Fsp3) is 0.583. The summed E-state index contributed by atoms with van der Waals surface area (Å²) >= 11 is 1.75. The average Bonchev–Trinajstić information content (AvgIpc) is 2.64. The van der Waals surface area contributed by atoms with Gasteiger partial charge in [0.2, 0.25) is 0 Å². The highest BCUT2D eigenvalue weighted by Gasteiger charge is 2.06. The molecule has 0 radical (unpaired) electrons. The van der Waals surface area contributed by atoms with Gasteiger partial charge in [-0.15, -0.1) is 0 Å². The largest absolute Gasteiger partial charge is 0.357 e. The molecule has 1 heterocycles. The first-order valence-corrected chi connectivity index (χ1v) is 6.62. The molecule has 0 aliphatic heterocycles. The summed E-state index contributed by atoms with van der Waals surface area (Å²) in [6.07, 6.45) is 7.53. The number of Topliss-reactive ketones (excluding diaryl/α,β-unsaturated/α-hetero) is 1. The number of hydrogen-bond acceptors (Lipinski definition) is 2. The molecule has 0 aliphatic carbocycles. The van der Waals surface area contributed by atoms with Gasteiger partial charge in [0.1, 0.15) is 0 Å². The molecule has 2 nitrogen and oxygen atoms in total. The van der Waals surface area contributed by atoms with Crippen LogP contribution >= 0.6 is 11.8 Å². The highest BCUT2D eigenvalue weighted by atomic mass is 32.2. The topological polar surface area (TPSA) is 22.0 Å². The molecular weight excluding hydrogens is 206 g/mol. The molecule has 1 rings (SSSR count). The predicted molar refractivity (Wildman–Crippen MR) is 66.6 cm³/mol. The van der Waals surface area contributed by atoms with Crippen molar-refractivity contribution in [3.05, 3.63) is 24.0 Å². The van der Waals surface area contributed by atoms with Crippen molar-refractivity contribution in [1.29, 1.82) is 0 Å². The van der Waals surface area contributed by atoms with Crippen LogP contribution in [0, 0.1) is 0 Å². The van der Waals surface area contributed by atoms with Crippen LogP contribution < -0.4 is 0 Å². The molecule has 0 saturated carbocycles. The first-order chi connectivity index (χ1) is 7.24. The van der Waals surface area contributed by atoms with E-state index in [9.17, 15) is 4.79 Å². The minimum atomic E-state index is 0.247. The molecule has 0 bridgehead atoms. The Hall–Kier alpha value is -0.700. The molecular formula is C12H19NOS. The molecule has 15 heavy (non-hydrogen) atoms. The third-order valence-corrected chi connectivity index (χ3v) is 3.32. The fourth-order valence-electron chi connectivity index (χ4n) is 1.37. The second-order valence-corrected chi connectivity index (χ2v) is 4.85. The van der Waals surface area contributed by atoms with Crippen LogP contribution in [0.2, 0.25) is 0 Å². The molecule has 0 saturated heterocycles. The predicted octanol–water partition coefficient (Wildman–Crippen LogP) is 3.13. The van der Waals surface area contributed by atoms with Crippen molar-refractivity contribution in [3.63, 3.8) is 0 Å². The monoisotopic (exact) mass is 225 g/mol. The van der Waals surface area contributed by atoms with Crippen LogP contribution in [0.15, 0.2) is 18.5 Å². The number of aromatic nitrogens is 1. The van der Waals surface area contributed by atoms with Crippen molar-refractivity contribution in [2.45, 2.75) is 26.2 Å². The van der Waals surface area contributed by atoms with Crippen molar-refractivity contribution in [1.82, 2.24) is 4.57 Å². The number of carbonyl (C=O) groups is 1. The van der Waals surface area contributed by atoms with Gasteiger partial charge in [-0.2, -0.15) is 11.8 Å². The van der Waals surface area contributed by atoms with E-state index in [1.165, 1.54) is 19.3 Å². The summed E-state index contributed by atoms with van der Waals surface area (Å²) in [5.41, 5.74) is 0.834. The molecule has 1 aromatic heterocycles. The van der Waals surface area contributed by atoms with Gasteiger partial charge in [0.25, 0.3) is 0 Å². The van der Waals surface area contributed by atoms with Crippen LogP contribution in [0.3, 0.4) is 0 Å². The van der Waals surface area contributed by atoms with Crippen LogP contribution in [0.25, 0.3) is 0 Å². The first-order valence-electron chi connectivity index (χ1n) is 5.47. The molecule has 0 atom stereocenters. The third kappa shape index (κ3) is 4.56. The van der Waals surface area contributed by atoms with E-state index in [4.69, 9.17) is 0 Å². The van der Waals surface area contributed by atoms with E-state index in [-0.39, 0.29) is 5.78 Å². The maximum absolute atomic E-state index is 11.7. The lowest BCUT2D eigenvalue weighted by Crippen LogP contribution is -2.01. The van der Waals surface area contributed by atoms with Crippen molar-refractivity contribution >= 4 is 17.5 Å². The number of rotatable bonds is 7. The lowest BCUT2D eigenvalue weighted by molar-refractivity contribution is 0.102. The SMILES string of the molecule is CCCCCSCC(=O)c1ccn(C)c1. The quantitative estimate of drug-likeness (QED) is 0.525. The van der Waals surface area contributed by atoms with Gasteiger partial charge in [0, 0.05) is 25.0 Å². The molecule has 0 aliphatic rings. The number of nitrogens with zero attached hydrogens (tertiary/aromatic N) is 1. The molecule has 3 heteroatoms. The van der Waals surface area contributed by atoms with Gasteiger partial charge < -0.3 is 4.57 Å². The molecule has 0 aromatic carbocycles. The smallest absolute Gasteiger partial charge is 0.174 e. The zero-order valence-electron chi connectivity index (χ0n) is 9.53.